The molecule has 24 heavy (non-hydrogen) atoms. The summed E-state index contributed by atoms with van der Waals surface area (Å²) in [6.07, 6.45) is -0.603. The van der Waals surface area contributed by atoms with E-state index in [0.717, 1.165) is 0 Å². The number of hydrogen-bond donors (Lipinski definition) is 3. The predicted molar refractivity (Wildman–Crippen MR) is 89.1 cm³/mol. The second-order valence-electron chi connectivity index (χ2n) is 5.38. The van der Waals surface area contributed by atoms with Crippen molar-refractivity contribution in [2.45, 2.75) is 50.4 Å². The Labute approximate surface area is 143 Å². The molecule has 0 aliphatic heterocycles. The highest BCUT2D eigenvalue weighted by Crippen LogP contribution is 2.42. The second-order valence-corrected chi connectivity index (χ2v) is 12.4. The maximum atomic E-state index is 12.1. The second kappa shape index (κ2) is 7.96. The Kier molecular flexibility index (Phi) is 7.87. The first kappa shape index (κ1) is 23.7. The third kappa shape index (κ3) is 4.10. The lowest BCUT2D eigenvalue weighted by Crippen LogP contribution is -2.60. The summed E-state index contributed by atoms with van der Waals surface area (Å²) in [5, 5.41) is 30.9. The van der Waals surface area contributed by atoms with Crippen molar-refractivity contribution >= 4 is 29.5 Å². The third-order valence-electron chi connectivity index (χ3n) is 4.22. The maximum absolute atomic E-state index is 12.1. The molecule has 3 N–H and O–H groups in total. The summed E-state index contributed by atoms with van der Waals surface area (Å²) in [7, 11) is -13.2. The number of aliphatic hydroxyl groups excluding tert-OH is 3. The molecule has 12 heteroatoms. The zero-order valence-corrected chi connectivity index (χ0v) is 16.5. The van der Waals surface area contributed by atoms with Crippen LogP contribution in [0.25, 0.3) is 0 Å². The summed E-state index contributed by atoms with van der Waals surface area (Å²) in [6.45, 7) is 4.69. The van der Waals surface area contributed by atoms with Gasteiger partial charge >= 0.3 is 0 Å². The van der Waals surface area contributed by atoms with Crippen LogP contribution in [0, 0.1) is 5.41 Å². The van der Waals surface area contributed by atoms with E-state index >= 15 is 0 Å². The van der Waals surface area contributed by atoms with Crippen molar-refractivity contribution in [2.75, 3.05) is 17.3 Å². The quantitative estimate of drug-likeness (QED) is 0.395. The van der Waals surface area contributed by atoms with Gasteiger partial charge in [-0.05, 0) is 6.42 Å². The number of hydrogen-bond acceptors (Lipinski definition) is 9. The zero-order valence-electron chi connectivity index (χ0n) is 14.1. The molecule has 9 nitrogen and oxygen atoms in total. The van der Waals surface area contributed by atoms with Crippen molar-refractivity contribution in [1.82, 2.24) is 0 Å². The Morgan fingerprint density at radius 2 is 0.833 bits per heavy atom. The molecule has 0 aromatic carbocycles. The van der Waals surface area contributed by atoms with E-state index in [1.807, 2.05) is 0 Å². The summed E-state index contributed by atoms with van der Waals surface area (Å²) < 4.78 is 72.5. The van der Waals surface area contributed by atoms with Crippen LogP contribution in [0.2, 0.25) is 0 Å². The van der Waals surface area contributed by atoms with Gasteiger partial charge in [-0.25, -0.2) is 25.3 Å². The van der Waals surface area contributed by atoms with Crippen LogP contribution >= 0.6 is 0 Å². The fourth-order valence-corrected chi connectivity index (χ4v) is 6.85. The summed E-state index contributed by atoms with van der Waals surface area (Å²) in [5.41, 5.74) is -10.5. The van der Waals surface area contributed by atoms with Crippen molar-refractivity contribution in [3.63, 3.8) is 0 Å². The van der Waals surface area contributed by atoms with E-state index in [9.17, 15) is 40.6 Å². The summed E-state index contributed by atoms with van der Waals surface area (Å²) in [5.74, 6) is -1.89. The van der Waals surface area contributed by atoms with Crippen molar-refractivity contribution in [1.29, 1.82) is 0 Å². The lowest BCUT2D eigenvalue weighted by Gasteiger charge is -2.42. The van der Waals surface area contributed by atoms with Gasteiger partial charge in [0.05, 0.1) is 5.41 Å². The van der Waals surface area contributed by atoms with Crippen molar-refractivity contribution < 1.29 is 40.6 Å². The molecular formula is C12H26O9S3. The SMILES string of the molecule is CCC(C(O)S(=O)(=O)CC)(C(O)S(=O)(=O)CC)C(O)S(=O)(=O)CC. The Morgan fingerprint density at radius 3 is 0.958 bits per heavy atom. The Balaban J connectivity index is 6.80. The van der Waals surface area contributed by atoms with Gasteiger partial charge in [0.1, 0.15) is 0 Å². The van der Waals surface area contributed by atoms with Gasteiger partial charge in [0, 0.05) is 17.3 Å². The normalized spacial score (nSPS) is 20.1. The molecule has 0 aliphatic carbocycles. The Bertz CT molecular complexity index is 624. The molecule has 0 aromatic rings. The van der Waals surface area contributed by atoms with E-state index in [1.165, 1.54) is 27.7 Å². The molecule has 3 atom stereocenters. The molecule has 0 rings (SSSR count). The minimum Gasteiger partial charge on any atom is -0.376 e. The Morgan fingerprint density at radius 1 is 0.625 bits per heavy atom. The molecule has 0 aromatic heterocycles. The fraction of sp³-hybridized carbons (Fsp3) is 1.00. The maximum Gasteiger partial charge on any atom is 0.177 e. The molecule has 0 fully saturated rings. The van der Waals surface area contributed by atoms with Crippen LogP contribution in [-0.4, -0.2) is 74.1 Å². The van der Waals surface area contributed by atoms with E-state index in [1.54, 1.807) is 0 Å². The largest absolute Gasteiger partial charge is 0.376 e. The van der Waals surface area contributed by atoms with Gasteiger partial charge in [0.2, 0.25) is 0 Å². The standard InChI is InChI=1S/C12H26O9S3/c1-5-12(9(13)22(16,17)6-2,10(14)23(18,19)7-3)11(15)24(20,21)8-4/h9-11,13-15H,5-8H2,1-4H3. The van der Waals surface area contributed by atoms with Crippen LogP contribution in [0.15, 0.2) is 0 Å². The lowest BCUT2D eigenvalue weighted by molar-refractivity contribution is -0.0553. The van der Waals surface area contributed by atoms with Crippen LogP contribution in [0.5, 0.6) is 0 Å². The van der Waals surface area contributed by atoms with Gasteiger partial charge in [-0.2, -0.15) is 0 Å². The topological polar surface area (TPSA) is 163 Å². The zero-order chi connectivity index (χ0) is 19.6. The van der Waals surface area contributed by atoms with Gasteiger partial charge in [0.15, 0.2) is 45.8 Å². The van der Waals surface area contributed by atoms with Gasteiger partial charge in [-0.15, -0.1) is 0 Å². The van der Waals surface area contributed by atoms with Crippen LogP contribution in [0.3, 0.4) is 0 Å². The van der Waals surface area contributed by atoms with E-state index < -0.39 is 74.9 Å². The molecule has 0 bridgehead atoms. The average Bonchev–Trinajstić information content (AvgIpc) is 2.55. The van der Waals surface area contributed by atoms with Gasteiger partial charge in [-0.1, -0.05) is 27.7 Å². The molecule has 0 amide bonds. The summed E-state index contributed by atoms with van der Waals surface area (Å²) in [6, 6.07) is 0. The Hall–Kier alpha value is -0.270. The van der Waals surface area contributed by atoms with Crippen molar-refractivity contribution in [2.24, 2.45) is 5.41 Å². The van der Waals surface area contributed by atoms with Crippen LogP contribution in [0.1, 0.15) is 34.1 Å². The van der Waals surface area contributed by atoms with Gasteiger partial charge in [0.25, 0.3) is 0 Å². The average molecular weight is 411 g/mol. The molecule has 0 heterocycles. The van der Waals surface area contributed by atoms with Gasteiger partial charge < -0.3 is 15.3 Å². The van der Waals surface area contributed by atoms with Crippen molar-refractivity contribution in [3.05, 3.63) is 0 Å². The molecule has 0 saturated carbocycles. The van der Waals surface area contributed by atoms with Crippen LogP contribution in [0.4, 0.5) is 0 Å². The molecule has 3 unspecified atom stereocenters. The van der Waals surface area contributed by atoms with E-state index in [4.69, 9.17) is 0 Å². The molecule has 0 spiro atoms. The highest BCUT2D eigenvalue weighted by atomic mass is 32.2. The van der Waals surface area contributed by atoms with E-state index in [-0.39, 0.29) is 0 Å². The van der Waals surface area contributed by atoms with E-state index in [0.29, 0.717) is 0 Å². The highest BCUT2D eigenvalue weighted by molar-refractivity contribution is 7.93. The molecule has 0 aliphatic rings. The molecule has 146 valence electrons. The first-order chi connectivity index (χ1) is 10.7. The summed E-state index contributed by atoms with van der Waals surface area (Å²) >= 11 is 0. The minimum absolute atomic E-state index is 0.603. The van der Waals surface area contributed by atoms with Crippen LogP contribution < -0.4 is 0 Å². The van der Waals surface area contributed by atoms with Crippen molar-refractivity contribution in [3.8, 4) is 0 Å². The molecule has 0 radical (unpaired) electrons. The number of aliphatic hydroxyl groups is 3. The smallest absolute Gasteiger partial charge is 0.177 e. The number of sulfone groups is 3. The first-order valence-corrected chi connectivity index (χ1v) is 12.5. The highest BCUT2D eigenvalue weighted by Gasteiger charge is 2.60. The number of rotatable bonds is 10. The summed E-state index contributed by atoms with van der Waals surface area (Å²) in [4.78, 5) is 0. The first-order valence-electron chi connectivity index (χ1n) is 7.40. The lowest BCUT2D eigenvalue weighted by atomic mass is 9.87. The fourth-order valence-electron chi connectivity index (χ4n) is 2.37. The monoisotopic (exact) mass is 410 g/mol. The predicted octanol–water partition coefficient (Wildman–Crippen LogP) is -1.36. The van der Waals surface area contributed by atoms with Crippen LogP contribution in [-0.2, 0) is 29.5 Å². The molecular weight excluding hydrogens is 384 g/mol. The third-order valence-corrected chi connectivity index (χ3v) is 9.99. The minimum atomic E-state index is -4.39. The van der Waals surface area contributed by atoms with Gasteiger partial charge in [-0.3, -0.25) is 0 Å². The molecule has 0 saturated heterocycles. The van der Waals surface area contributed by atoms with E-state index in [2.05, 4.69) is 0 Å².